The van der Waals surface area contributed by atoms with Crippen LogP contribution in [-0.2, 0) is 0 Å². The third-order valence-electron chi connectivity index (χ3n) is 3.24. The molecule has 0 atom stereocenters. The van der Waals surface area contributed by atoms with E-state index < -0.39 is 4.92 Å². The van der Waals surface area contributed by atoms with Crippen molar-refractivity contribution in [3.8, 4) is 0 Å². The van der Waals surface area contributed by atoms with E-state index in [9.17, 15) is 10.1 Å². The second kappa shape index (κ2) is 5.18. The Morgan fingerprint density at radius 3 is 2.72 bits per heavy atom. The number of anilines is 2. The molecule has 1 fully saturated rings. The minimum Gasteiger partial charge on any atom is -0.395 e. The predicted octanol–water partition coefficient (Wildman–Crippen LogP) is 0.923. The molecule has 0 radical (unpaired) electrons. The number of nitrogens with zero attached hydrogens (tertiary/aromatic N) is 3. The molecule has 1 aromatic rings. The summed E-state index contributed by atoms with van der Waals surface area (Å²) >= 11 is 0. The highest BCUT2D eigenvalue weighted by Crippen LogP contribution is 2.30. The molecule has 2 rings (SSSR count). The first-order valence-corrected chi connectivity index (χ1v) is 5.92. The lowest BCUT2D eigenvalue weighted by molar-refractivity contribution is -0.384. The SMILES string of the molecule is Nc1nc(N(CCO)C2CCC2)ccc1[N+](=O)[O-]. The molecular weight excluding hydrogens is 236 g/mol. The maximum absolute atomic E-state index is 10.7. The van der Waals surface area contributed by atoms with Gasteiger partial charge in [0.2, 0.25) is 5.82 Å². The van der Waals surface area contributed by atoms with Crippen molar-refractivity contribution in [1.82, 2.24) is 4.98 Å². The van der Waals surface area contributed by atoms with Gasteiger partial charge in [0.25, 0.3) is 0 Å². The van der Waals surface area contributed by atoms with Gasteiger partial charge < -0.3 is 15.7 Å². The summed E-state index contributed by atoms with van der Waals surface area (Å²) in [5.74, 6) is 0.511. The first-order valence-electron chi connectivity index (χ1n) is 5.92. The zero-order valence-corrected chi connectivity index (χ0v) is 9.95. The molecule has 3 N–H and O–H groups in total. The van der Waals surface area contributed by atoms with Crippen LogP contribution in [0.25, 0.3) is 0 Å². The summed E-state index contributed by atoms with van der Waals surface area (Å²) in [6.45, 7) is 0.490. The second-order valence-corrected chi connectivity index (χ2v) is 4.33. The van der Waals surface area contributed by atoms with Crippen molar-refractivity contribution in [2.45, 2.75) is 25.3 Å². The Kier molecular flexibility index (Phi) is 3.61. The number of aliphatic hydroxyl groups is 1. The fourth-order valence-corrected chi connectivity index (χ4v) is 2.06. The number of rotatable bonds is 5. The number of pyridine rings is 1. The highest BCUT2D eigenvalue weighted by Gasteiger charge is 2.26. The van der Waals surface area contributed by atoms with Crippen molar-refractivity contribution in [2.75, 3.05) is 23.8 Å². The smallest absolute Gasteiger partial charge is 0.311 e. The van der Waals surface area contributed by atoms with Crippen LogP contribution in [0.2, 0.25) is 0 Å². The average molecular weight is 252 g/mol. The number of aliphatic hydroxyl groups excluding tert-OH is 1. The molecule has 0 bridgehead atoms. The van der Waals surface area contributed by atoms with Gasteiger partial charge in [-0.25, -0.2) is 4.98 Å². The molecule has 0 spiro atoms. The Hall–Kier alpha value is -1.89. The Labute approximate surface area is 104 Å². The predicted molar refractivity (Wildman–Crippen MR) is 67.4 cm³/mol. The maximum atomic E-state index is 10.7. The van der Waals surface area contributed by atoms with Crippen LogP contribution in [0.3, 0.4) is 0 Å². The van der Waals surface area contributed by atoms with E-state index in [2.05, 4.69) is 4.98 Å². The van der Waals surface area contributed by atoms with E-state index in [0.717, 1.165) is 19.3 Å². The molecule has 1 aliphatic carbocycles. The van der Waals surface area contributed by atoms with Crippen LogP contribution in [-0.4, -0.2) is 34.2 Å². The molecule has 7 heteroatoms. The lowest BCUT2D eigenvalue weighted by atomic mass is 9.91. The van der Waals surface area contributed by atoms with E-state index in [4.69, 9.17) is 10.8 Å². The van der Waals surface area contributed by atoms with Crippen molar-refractivity contribution < 1.29 is 10.0 Å². The molecule has 1 saturated carbocycles. The molecule has 1 aliphatic rings. The molecular formula is C11H16N4O3. The zero-order valence-electron chi connectivity index (χ0n) is 9.95. The first-order chi connectivity index (χ1) is 8.63. The highest BCUT2D eigenvalue weighted by molar-refractivity contribution is 5.58. The molecule has 18 heavy (non-hydrogen) atoms. The number of hydrogen-bond donors (Lipinski definition) is 2. The Morgan fingerprint density at radius 2 is 2.28 bits per heavy atom. The molecule has 0 saturated heterocycles. The molecule has 0 amide bonds. The minimum absolute atomic E-state index is 0.0229. The second-order valence-electron chi connectivity index (χ2n) is 4.33. The number of aromatic nitrogens is 1. The van der Waals surface area contributed by atoms with Crippen LogP contribution in [0.5, 0.6) is 0 Å². The van der Waals surface area contributed by atoms with Gasteiger partial charge in [-0.3, -0.25) is 10.1 Å². The summed E-state index contributed by atoms with van der Waals surface area (Å²) in [7, 11) is 0. The quantitative estimate of drug-likeness (QED) is 0.596. The van der Waals surface area contributed by atoms with Gasteiger partial charge in [0, 0.05) is 18.7 Å². The number of nitrogens with two attached hydrogens (primary N) is 1. The molecule has 98 valence electrons. The summed E-state index contributed by atoms with van der Waals surface area (Å²) < 4.78 is 0. The molecule has 1 aromatic heterocycles. The van der Waals surface area contributed by atoms with Crippen molar-refractivity contribution in [1.29, 1.82) is 0 Å². The summed E-state index contributed by atoms with van der Waals surface area (Å²) in [6, 6.07) is 3.30. The molecule has 0 aliphatic heterocycles. The van der Waals surface area contributed by atoms with Crippen molar-refractivity contribution in [3.63, 3.8) is 0 Å². The van der Waals surface area contributed by atoms with Crippen molar-refractivity contribution >= 4 is 17.3 Å². The lowest BCUT2D eigenvalue weighted by Crippen LogP contribution is -2.42. The molecule has 7 nitrogen and oxygen atoms in total. The van der Waals surface area contributed by atoms with E-state index in [1.165, 1.54) is 6.07 Å². The van der Waals surface area contributed by atoms with E-state index in [1.54, 1.807) is 6.07 Å². The topological polar surface area (TPSA) is 106 Å². The van der Waals surface area contributed by atoms with Gasteiger partial charge in [-0.15, -0.1) is 0 Å². The molecule has 1 heterocycles. The van der Waals surface area contributed by atoms with Crippen LogP contribution in [0, 0.1) is 10.1 Å². The number of nitro groups is 1. The third-order valence-corrected chi connectivity index (χ3v) is 3.24. The minimum atomic E-state index is -0.550. The zero-order chi connectivity index (χ0) is 13.1. The fraction of sp³-hybridized carbons (Fsp3) is 0.545. The average Bonchev–Trinajstić information content (AvgIpc) is 2.25. The van der Waals surface area contributed by atoms with Gasteiger partial charge in [-0.1, -0.05) is 0 Å². The number of hydrogen-bond acceptors (Lipinski definition) is 6. The Morgan fingerprint density at radius 1 is 1.56 bits per heavy atom. The van der Waals surface area contributed by atoms with Crippen molar-refractivity contribution in [3.05, 3.63) is 22.2 Å². The highest BCUT2D eigenvalue weighted by atomic mass is 16.6. The van der Waals surface area contributed by atoms with Crippen molar-refractivity contribution in [2.24, 2.45) is 0 Å². The summed E-state index contributed by atoms with van der Waals surface area (Å²) in [5, 5.41) is 19.7. The van der Waals surface area contributed by atoms with Crippen LogP contribution < -0.4 is 10.6 Å². The molecule has 0 aromatic carbocycles. The molecule has 0 unspecified atom stereocenters. The summed E-state index contributed by atoms with van der Waals surface area (Å²) in [5.41, 5.74) is 5.39. The first kappa shape index (κ1) is 12.6. The van der Waals surface area contributed by atoms with E-state index in [-0.39, 0.29) is 18.1 Å². The van der Waals surface area contributed by atoms with Gasteiger partial charge in [-0.05, 0) is 25.3 Å². The van der Waals surface area contributed by atoms with E-state index in [0.29, 0.717) is 18.4 Å². The van der Waals surface area contributed by atoms with Crippen LogP contribution in [0.15, 0.2) is 12.1 Å². The Bertz CT molecular complexity index is 448. The monoisotopic (exact) mass is 252 g/mol. The largest absolute Gasteiger partial charge is 0.395 e. The van der Waals surface area contributed by atoms with Gasteiger partial charge in [0.05, 0.1) is 11.5 Å². The summed E-state index contributed by atoms with van der Waals surface area (Å²) in [6.07, 6.45) is 3.27. The number of nitrogen functional groups attached to an aromatic ring is 1. The van der Waals surface area contributed by atoms with Gasteiger partial charge in [-0.2, -0.15) is 0 Å². The van der Waals surface area contributed by atoms with E-state index >= 15 is 0 Å². The maximum Gasteiger partial charge on any atom is 0.311 e. The standard InChI is InChI=1S/C11H16N4O3/c12-11-9(15(17)18)4-5-10(13-11)14(6-7-16)8-2-1-3-8/h4-5,8,16H,1-3,6-7H2,(H2,12,13). The Balaban J connectivity index is 2.24. The normalized spacial score (nSPS) is 15.2. The van der Waals surface area contributed by atoms with Gasteiger partial charge >= 0.3 is 5.69 Å². The van der Waals surface area contributed by atoms with E-state index in [1.807, 2.05) is 4.90 Å². The fourth-order valence-electron chi connectivity index (χ4n) is 2.06. The van der Waals surface area contributed by atoms with Gasteiger partial charge in [0.15, 0.2) is 0 Å². The third kappa shape index (κ3) is 2.35. The lowest BCUT2D eigenvalue weighted by Gasteiger charge is -2.38. The van der Waals surface area contributed by atoms with Crippen LogP contribution in [0.4, 0.5) is 17.3 Å². The summed E-state index contributed by atoms with van der Waals surface area (Å²) in [4.78, 5) is 16.1. The van der Waals surface area contributed by atoms with Gasteiger partial charge in [0.1, 0.15) is 5.82 Å². The van der Waals surface area contributed by atoms with Crippen LogP contribution >= 0.6 is 0 Å². The van der Waals surface area contributed by atoms with Crippen LogP contribution in [0.1, 0.15) is 19.3 Å².